The van der Waals surface area contributed by atoms with E-state index in [-0.39, 0.29) is 5.56 Å². The number of aliphatic hydroxyl groups is 1. The first-order valence-electron chi connectivity index (χ1n) is 10.6. The van der Waals surface area contributed by atoms with Crippen LogP contribution in [0.1, 0.15) is 22.6 Å². The number of aromatic nitrogens is 6. The Morgan fingerprint density at radius 1 is 1.06 bits per heavy atom. The van der Waals surface area contributed by atoms with Crippen LogP contribution in [0.3, 0.4) is 0 Å². The van der Waals surface area contributed by atoms with Gasteiger partial charge in [0.1, 0.15) is 11.4 Å². The number of fused-ring (bicyclic) bond motifs is 1. The van der Waals surface area contributed by atoms with E-state index in [1.807, 2.05) is 0 Å². The maximum Gasteiger partial charge on any atom is 0.251 e. The zero-order valence-electron chi connectivity index (χ0n) is 18.8. The third-order valence-corrected chi connectivity index (χ3v) is 6.23. The number of rotatable bonds is 4. The average molecular weight is 483 g/mol. The van der Waals surface area contributed by atoms with Crippen LogP contribution in [0, 0.1) is 12.3 Å². The zero-order valence-corrected chi connectivity index (χ0v) is 19.6. The van der Waals surface area contributed by atoms with E-state index in [0.717, 1.165) is 0 Å². The molecule has 8 nitrogen and oxygen atoms in total. The lowest BCUT2D eigenvalue weighted by Crippen LogP contribution is -2.32. The fraction of sp³-hybridized carbons (Fsp3) is 0.115. The van der Waals surface area contributed by atoms with Crippen LogP contribution < -0.4 is 5.56 Å². The average Bonchev–Trinajstić information content (AvgIpc) is 3.32. The largest absolute Gasteiger partial charge is 0.373 e. The van der Waals surface area contributed by atoms with Gasteiger partial charge in [0.05, 0.1) is 28.6 Å². The van der Waals surface area contributed by atoms with Gasteiger partial charge in [0.25, 0.3) is 5.56 Å². The fourth-order valence-corrected chi connectivity index (χ4v) is 4.25. The third-order valence-electron chi connectivity index (χ3n) is 5.98. The third kappa shape index (κ3) is 3.67. The summed E-state index contributed by atoms with van der Waals surface area (Å²) in [6.45, 7) is 0. The lowest BCUT2D eigenvalue weighted by atomic mass is 9.86. The maximum atomic E-state index is 12.7. The number of aryl methyl sites for hydroxylation is 2. The molecule has 1 aromatic carbocycles. The zero-order chi connectivity index (χ0) is 24.7. The molecular weight excluding hydrogens is 464 g/mol. The summed E-state index contributed by atoms with van der Waals surface area (Å²) in [6, 6.07) is 17.0. The molecule has 0 aliphatic carbocycles. The van der Waals surface area contributed by atoms with Gasteiger partial charge < -0.3 is 9.67 Å². The van der Waals surface area contributed by atoms with E-state index in [0.29, 0.717) is 50.0 Å². The van der Waals surface area contributed by atoms with E-state index in [4.69, 9.17) is 23.0 Å². The topological polar surface area (TPSA) is 98.7 Å². The number of terminal acetylenes is 1. The van der Waals surface area contributed by atoms with Gasteiger partial charge >= 0.3 is 0 Å². The fourth-order valence-electron chi connectivity index (χ4n) is 4.13. The molecule has 172 valence electrons. The minimum atomic E-state index is -1.71. The lowest BCUT2D eigenvalue weighted by Gasteiger charge is -2.28. The van der Waals surface area contributed by atoms with Gasteiger partial charge in [-0.3, -0.25) is 4.79 Å². The summed E-state index contributed by atoms with van der Waals surface area (Å²) in [4.78, 5) is 22.1. The van der Waals surface area contributed by atoms with Crippen molar-refractivity contribution in [2.24, 2.45) is 14.1 Å². The van der Waals surface area contributed by atoms with E-state index in [2.05, 4.69) is 21.2 Å². The van der Waals surface area contributed by atoms with Crippen LogP contribution in [0.2, 0.25) is 5.02 Å². The molecule has 0 bridgehead atoms. The smallest absolute Gasteiger partial charge is 0.251 e. The minimum Gasteiger partial charge on any atom is -0.373 e. The molecular formula is C26H19ClN6O2. The van der Waals surface area contributed by atoms with Gasteiger partial charge in [0.2, 0.25) is 0 Å². The van der Waals surface area contributed by atoms with E-state index in [1.54, 1.807) is 68.7 Å². The molecule has 4 aromatic heterocycles. The quantitative estimate of drug-likeness (QED) is 0.395. The van der Waals surface area contributed by atoms with Crippen LogP contribution >= 0.6 is 11.6 Å². The highest BCUT2D eigenvalue weighted by Crippen LogP contribution is 2.37. The Balaban J connectivity index is 1.84. The Bertz CT molecular complexity index is 1680. The van der Waals surface area contributed by atoms with Crippen LogP contribution in [0.15, 0.2) is 71.7 Å². The van der Waals surface area contributed by atoms with Crippen LogP contribution in [-0.4, -0.2) is 34.6 Å². The predicted molar refractivity (Wildman–Crippen MR) is 133 cm³/mol. The van der Waals surface area contributed by atoms with E-state index < -0.39 is 5.60 Å². The molecule has 1 N–H and O–H groups in total. The highest BCUT2D eigenvalue weighted by atomic mass is 35.5. The molecule has 0 spiro atoms. The first-order valence-corrected chi connectivity index (χ1v) is 11.0. The lowest BCUT2D eigenvalue weighted by molar-refractivity contribution is 0.111. The molecule has 0 amide bonds. The Labute approximate surface area is 205 Å². The molecule has 5 rings (SSSR count). The standard InChI is InChI=1S/C26H19ClN6O2/c1-4-18-6-5-7-20(29-18)19-14-24(34)32(2)21-12-13-22(30-25(19)21)26(35,23-15-28-31-33(23)3)16-8-10-17(27)11-9-16/h1,5-15,35H,2-3H3. The van der Waals surface area contributed by atoms with Crippen LogP contribution in [0.25, 0.3) is 22.3 Å². The number of halogens is 1. The molecule has 1 atom stereocenters. The molecule has 0 aliphatic heterocycles. The molecule has 4 heterocycles. The summed E-state index contributed by atoms with van der Waals surface area (Å²) >= 11 is 6.11. The summed E-state index contributed by atoms with van der Waals surface area (Å²) in [5.74, 6) is 2.52. The van der Waals surface area contributed by atoms with Crippen LogP contribution in [0.5, 0.6) is 0 Å². The monoisotopic (exact) mass is 482 g/mol. The molecule has 0 saturated carbocycles. The normalized spacial score (nSPS) is 12.9. The maximum absolute atomic E-state index is 12.7. The second-order valence-electron chi connectivity index (χ2n) is 8.03. The highest BCUT2D eigenvalue weighted by Gasteiger charge is 2.39. The molecule has 9 heteroatoms. The van der Waals surface area contributed by atoms with E-state index in [9.17, 15) is 9.90 Å². The van der Waals surface area contributed by atoms with Gasteiger partial charge in [-0.15, -0.1) is 11.5 Å². The number of hydrogen-bond donors (Lipinski definition) is 1. The van der Waals surface area contributed by atoms with Crippen molar-refractivity contribution >= 4 is 22.6 Å². The van der Waals surface area contributed by atoms with Crippen LogP contribution in [-0.2, 0) is 19.7 Å². The van der Waals surface area contributed by atoms with Gasteiger partial charge in [-0.25, -0.2) is 14.6 Å². The first kappa shape index (κ1) is 22.5. The molecule has 0 radical (unpaired) electrons. The second-order valence-corrected chi connectivity index (χ2v) is 8.47. The molecule has 1 unspecified atom stereocenters. The highest BCUT2D eigenvalue weighted by molar-refractivity contribution is 6.30. The summed E-state index contributed by atoms with van der Waals surface area (Å²) in [6.07, 6.45) is 7.02. The Hall–Kier alpha value is -4.32. The second kappa shape index (κ2) is 8.47. The van der Waals surface area contributed by atoms with Crippen molar-refractivity contribution in [3.63, 3.8) is 0 Å². The summed E-state index contributed by atoms with van der Waals surface area (Å²) in [7, 11) is 3.35. The molecule has 0 aliphatic rings. The Kier molecular flexibility index (Phi) is 5.44. The van der Waals surface area contributed by atoms with Gasteiger partial charge in [0, 0.05) is 30.7 Å². The van der Waals surface area contributed by atoms with Gasteiger partial charge in [-0.2, -0.15) is 0 Å². The van der Waals surface area contributed by atoms with Crippen molar-refractivity contribution in [3.8, 4) is 23.6 Å². The SMILES string of the molecule is C#Cc1cccc(-c2cc(=O)n(C)c3ccc(C(O)(c4ccc(Cl)cc4)c4cnnn4C)nc23)n1. The Morgan fingerprint density at radius 3 is 2.51 bits per heavy atom. The van der Waals surface area contributed by atoms with Gasteiger partial charge in [-0.05, 0) is 42.0 Å². The van der Waals surface area contributed by atoms with Crippen molar-refractivity contribution in [2.45, 2.75) is 5.60 Å². The van der Waals surface area contributed by atoms with Gasteiger partial charge in [0.15, 0.2) is 5.60 Å². The molecule has 35 heavy (non-hydrogen) atoms. The van der Waals surface area contributed by atoms with Gasteiger partial charge in [-0.1, -0.05) is 40.9 Å². The van der Waals surface area contributed by atoms with E-state index in [1.165, 1.54) is 21.5 Å². The Morgan fingerprint density at radius 2 is 1.83 bits per heavy atom. The van der Waals surface area contributed by atoms with Crippen molar-refractivity contribution < 1.29 is 5.11 Å². The number of pyridine rings is 3. The number of nitrogens with zero attached hydrogens (tertiary/aromatic N) is 6. The molecule has 0 saturated heterocycles. The summed E-state index contributed by atoms with van der Waals surface area (Å²) in [5, 5.41) is 20.7. The predicted octanol–water partition coefficient (Wildman–Crippen LogP) is 3.04. The van der Waals surface area contributed by atoms with Crippen molar-refractivity contribution in [1.82, 2.24) is 29.5 Å². The summed E-state index contributed by atoms with van der Waals surface area (Å²) in [5.41, 5.74) is 1.81. The summed E-state index contributed by atoms with van der Waals surface area (Å²) < 4.78 is 2.98. The molecule has 0 fully saturated rings. The van der Waals surface area contributed by atoms with Crippen molar-refractivity contribution in [2.75, 3.05) is 0 Å². The van der Waals surface area contributed by atoms with Crippen LogP contribution in [0.4, 0.5) is 0 Å². The van der Waals surface area contributed by atoms with Crippen molar-refractivity contribution in [1.29, 1.82) is 0 Å². The number of hydrogen-bond acceptors (Lipinski definition) is 6. The van der Waals surface area contributed by atoms with E-state index >= 15 is 0 Å². The molecule has 5 aromatic rings. The first-order chi connectivity index (χ1) is 16.8. The minimum absolute atomic E-state index is 0.223. The van der Waals surface area contributed by atoms with Crippen molar-refractivity contribution in [3.05, 3.63) is 105 Å². The number of benzene rings is 1.